The van der Waals surface area contributed by atoms with Gasteiger partial charge in [0.2, 0.25) is 21.8 Å². The van der Waals surface area contributed by atoms with Crippen LogP contribution in [0.5, 0.6) is 0 Å². The van der Waals surface area contributed by atoms with Gasteiger partial charge in [-0.15, -0.1) is 0 Å². The van der Waals surface area contributed by atoms with Crippen molar-refractivity contribution >= 4 is 62.3 Å². The van der Waals surface area contributed by atoms with E-state index in [1.54, 1.807) is 25.1 Å². The first-order valence-corrected chi connectivity index (χ1v) is 13.6. The highest BCUT2D eigenvalue weighted by Gasteiger charge is 2.32. The summed E-state index contributed by atoms with van der Waals surface area (Å²) in [6.45, 7) is 4.81. The topological polar surface area (TPSA) is 86.8 Å². The Hall–Kier alpha value is -2.00. The number of carbonyl (C=O) groups is 2. The third-order valence-electron chi connectivity index (χ3n) is 5.00. The molecule has 2 amide bonds. The highest BCUT2D eigenvalue weighted by Crippen LogP contribution is 2.28. The second kappa shape index (κ2) is 12.1. The molecule has 0 saturated heterocycles. The summed E-state index contributed by atoms with van der Waals surface area (Å²) in [6, 6.07) is 10.0. The van der Waals surface area contributed by atoms with Crippen molar-refractivity contribution in [3.05, 3.63) is 63.1 Å². The lowest BCUT2D eigenvalue weighted by Gasteiger charge is -2.33. The minimum Gasteiger partial charge on any atom is -0.352 e. The summed E-state index contributed by atoms with van der Waals surface area (Å²) in [4.78, 5) is 27.9. The van der Waals surface area contributed by atoms with Crippen LogP contribution >= 0.6 is 34.8 Å². The molecule has 0 saturated carbocycles. The summed E-state index contributed by atoms with van der Waals surface area (Å²) in [6.07, 6.45) is 1.30. The number of carbonyl (C=O) groups excluding carboxylic acids is 2. The molecule has 0 bridgehead atoms. The van der Waals surface area contributed by atoms with Gasteiger partial charge in [-0.3, -0.25) is 13.9 Å². The van der Waals surface area contributed by atoms with Crippen LogP contribution in [-0.2, 0) is 26.2 Å². The van der Waals surface area contributed by atoms with Crippen molar-refractivity contribution in [3.63, 3.8) is 0 Å². The van der Waals surface area contributed by atoms with Gasteiger partial charge in [0, 0.05) is 33.2 Å². The molecular weight excluding hydrogens is 521 g/mol. The standard InChI is InChI=1S/C23H28Cl3N3O4S/c1-5-21(23(31)27-15(2)3)28(13-18-19(25)7-6-8-20(18)26)22(30)14-29(34(4,32)33)17-11-9-16(24)10-12-17/h6-12,15,21H,5,13-14H2,1-4H3,(H,27,31)/t21-/m1/s1. The molecule has 2 rings (SSSR count). The fourth-order valence-corrected chi connectivity index (χ4v) is 4.87. The summed E-state index contributed by atoms with van der Waals surface area (Å²) in [5.41, 5.74) is 0.739. The predicted molar refractivity (Wildman–Crippen MR) is 138 cm³/mol. The van der Waals surface area contributed by atoms with E-state index < -0.39 is 28.5 Å². The zero-order valence-electron chi connectivity index (χ0n) is 19.4. The molecule has 0 fully saturated rings. The number of hydrogen-bond donors (Lipinski definition) is 1. The minimum absolute atomic E-state index is 0.0699. The molecular formula is C23H28Cl3N3O4S. The SMILES string of the molecule is CC[C@H](C(=O)NC(C)C)N(Cc1c(Cl)cccc1Cl)C(=O)CN(c1ccc(Cl)cc1)S(C)(=O)=O. The van der Waals surface area contributed by atoms with Crippen LogP contribution in [0.1, 0.15) is 32.8 Å². The third kappa shape index (κ3) is 7.50. The molecule has 0 radical (unpaired) electrons. The van der Waals surface area contributed by atoms with Crippen LogP contribution in [-0.4, -0.2) is 50.0 Å². The van der Waals surface area contributed by atoms with E-state index in [9.17, 15) is 18.0 Å². The van der Waals surface area contributed by atoms with Crippen molar-refractivity contribution in [2.45, 2.75) is 45.8 Å². The average Bonchev–Trinajstić information content (AvgIpc) is 2.73. The lowest BCUT2D eigenvalue weighted by atomic mass is 10.1. The molecule has 2 aromatic rings. The Morgan fingerprint density at radius 2 is 1.56 bits per heavy atom. The Kier molecular flexibility index (Phi) is 10.1. The molecule has 0 aromatic heterocycles. The smallest absolute Gasteiger partial charge is 0.244 e. The van der Waals surface area contributed by atoms with Crippen LogP contribution in [0.25, 0.3) is 0 Å². The van der Waals surface area contributed by atoms with Crippen molar-refractivity contribution in [3.8, 4) is 0 Å². The van der Waals surface area contributed by atoms with Crippen molar-refractivity contribution < 1.29 is 18.0 Å². The zero-order valence-corrected chi connectivity index (χ0v) is 22.5. The monoisotopic (exact) mass is 547 g/mol. The van der Waals surface area contributed by atoms with Crippen LogP contribution in [0, 0.1) is 0 Å². The van der Waals surface area contributed by atoms with E-state index in [1.165, 1.54) is 29.2 Å². The summed E-state index contributed by atoms with van der Waals surface area (Å²) in [5, 5.41) is 3.92. The van der Waals surface area contributed by atoms with Crippen molar-refractivity contribution in [1.29, 1.82) is 0 Å². The van der Waals surface area contributed by atoms with E-state index in [4.69, 9.17) is 34.8 Å². The summed E-state index contributed by atoms with van der Waals surface area (Å²) in [5.74, 6) is -0.937. The summed E-state index contributed by atoms with van der Waals surface area (Å²) in [7, 11) is -3.83. The molecule has 11 heteroatoms. The van der Waals surface area contributed by atoms with Gasteiger partial charge in [0.15, 0.2) is 0 Å². The maximum atomic E-state index is 13.6. The third-order valence-corrected chi connectivity index (χ3v) is 7.10. The number of hydrogen-bond acceptors (Lipinski definition) is 4. The Bertz CT molecular complexity index is 1100. The molecule has 0 aliphatic carbocycles. The van der Waals surface area contributed by atoms with Crippen molar-refractivity contribution in [1.82, 2.24) is 10.2 Å². The number of halogens is 3. The van der Waals surface area contributed by atoms with Gasteiger partial charge in [0.25, 0.3) is 0 Å². The highest BCUT2D eigenvalue weighted by atomic mass is 35.5. The zero-order chi connectivity index (χ0) is 25.6. The van der Waals surface area contributed by atoms with Crippen molar-refractivity contribution in [2.75, 3.05) is 17.1 Å². The molecule has 186 valence electrons. The Balaban J connectivity index is 2.49. The van der Waals surface area contributed by atoms with E-state index in [0.29, 0.717) is 27.1 Å². The molecule has 2 aromatic carbocycles. The van der Waals surface area contributed by atoms with Crippen LogP contribution < -0.4 is 9.62 Å². The molecule has 0 unspecified atom stereocenters. The van der Waals surface area contributed by atoms with Gasteiger partial charge >= 0.3 is 0 Å². The van der Waals surface area contributed by atoms with E-state index in [1.807, 2.05) is 13.8 Å². The fourth-order valence-electron chi connectivity index (χ4n) is 3.37. The molecule has 0 aliphatic heterocycles. The number of nitrogens with zero attached hydrogens (tertiary/aromatic N) is 2. The number of nitrogens with one attached hydrogen (secondary N) is 1. The van der Waals surface area contributed by atoms with Gasteiger partial charge in [-0.1, -0.05) is 47.8 Å². The van der Waals surface area contributed by atoms with Gasteiger partial charge in [0.05, 0.1) is 11.9 Å². The highest BCUT2D eigenvalue weighted by molar-refractivity contribution is 7.92. The second-order valence-electron chi connectivity index (χ2n) is 8.06. The Morgan fingerprint density at radius 1 is 1.00 bits per heavy atom. The fraction of sp³-hybridized carbons (Fsp3) is 0.391. The summed E-state index contributed by atoms with van der Waals surface area (Å²) >= 11 is 18.6. The number of benzene rings is 2. The molecule has 0 aliphatic rings. The molecule has 0 heterocycles. The lowest BCUT2D eigenvalue weighted by Crippen LogP contribution is -2.53. The second-order valence-corrected chi connectivity index (χ2v) is 11.2. The van der Waals surface area contributed by atoms with E-state index in [-0.39, 0.29) is 24.2 Å². The first-order valence-electron chi connectivity index (χ1n) is 10.6. The largest absolute Gasteiger partial charge is 0.352 e. The van der Waals surface area contributed by atoms with E-state index >= 15 is 0 Å². The van der Waals surface area contributed by atoms with Crippen LogP contribution in [0.4, 0.5) is 5.69 Å². The van der Waals surface area contributed by atoms with E-state index in [2.05, 4.69) is 5.32 Å². The maximum Gasteiger partial charge on any atom is 0.244 e. The Labute approximate surface area is 216 Å². The minimum atomic E-state index is -3.83. The first kappa shape index (κ1) is 28.2. The van der Waals surface area contributed by atoms with Crippen LogP contribution in [0.3, 0.4) is 0 Å². The van der Waals surface area contributed by atoms with Gasteiger partial charge in [-0.2, -0.15) is 0 Å². The Morgan fingerprint density at radius 3 is 2.03 bits per heavy atom. The average molecular weight is 549 g/mol. The van der Waals surface area contributed by atoms with Gasteiger partial charge in [-0.05, 0) is 56.7 Å². The lowest BCUT2D eigenvalue weighted by molar-refractivity contribution is -0.140. The predicted octanol–water partition coefficient (Wildman–Crippen LogP) is 4.74. The van der Waals surface area contributed by atoms with Crippen molar-refractivity contribution in [2.24, 2.45) is 0 Å². The number of sulfonamides is 1. The normalized spacial score (nSPS) is 12.4. The van der Waals surface area contributed by atoms with Crippen LogP contribution in [0.15, 0.2) is 42.5 Å². The van der Waals surface area contributed by atoms with Crippen LogP contribution in [0.2, 0.25) is 15.1 Å². The molecule has 0 spiro atoms. The maximum absolute atomic E-state index is 13.6. The quantitative estimate of drug-likeness (QED) is 0.464. The number of anilines is 1. The van der Waals surface area contributed by atoms with Gasteiger partial charge < -0.3 is 10.2 Å². The van der Waals surface area contributed by atoms with Gasteiger partial charge in [0.1, 0.15) is 12.6 Å². The molecule has 34 heavy (non-hydrogen) atoms. The molecule has 1 N–H and O–H groups in total. The molecule has 1 atom stereocenters. The summed E-state index contributed by atoms with van der Waals surface area (Å²) < 4.78 is 26.1. The first-order chi connectivity index (χ1) is 15.8. The number of amides is 2. The van der Waals surface area contributed by atoms with E-state index in [0.717, 1.165) is 10.6 Å². The molecule has 7 nitrogen and oxygen atoms in total. The van der Waals surface area contributed by atoms with Gasteiger partial charge in [-0.25, -0.2) is 8.42 Å². The number of rotatable bonds is 10.